The molecule has 22 nitrogen and oxygen atoms in total. The van der Waals surface area contributed by atoms with Gasteiger partial charge in [0.05, 0.1) is 26.4 Å². The summed E-state index contributed by atoms with van der Waals surface area (Å²) in [5.41, 5.74) is -2.64. The molecule has 0 saturated carbocycles. The summed E-state index contributed by atoms with van der Waals surface area (Å²) in [5.74, 6) is -11.6. The number of aliphatic hydroxyl groups is 7. The summed E-state index contributed by atoms with van der Waals surface area (Å²) >= 11 is 0. The quantitative estimate of drug-likeness (QED) is 0.0657. The van der Waals surface area contributed by atoms with Gasteiger partial charge in [-0.3, -0.25) is 0 Å². The Labute approximate surface area is 319 Å². The van der Waals surface area contributed by atoms with Gasteiger partial charge in [-0.2, -0.15) is 0 Å². The zero-order valence-electron chi connectivity index (χ0n) is 29.4. The third-order valence-corrected chi connectivity index (χ3v) is 9.61. The molecule has 3 heterocycles. The second-order valence-electron chi connectivity index (χ2n) is 13.0. The number of methoxy groups -OCH3 is 2. The van der Waals surface area contributed by atoms with Crippen molar-refractivity contribution in [3.63, 3.8) is 0 Å². The Morgan fingerprint density at radius 3 is 1.46 bits per heavy atom. The number of hydrogen-bond donors (Lipinski definition) is 12. The van der Waals surface area contributed by atoms with Gasteiger partial charge in [0, 0.05) is 11.1 Å². The number of esters is 3. The van der Waals surface area contributed by atoms with E-state index >= 15 is 0 Å². The fourth-order valence-electron chi connectivity index (χ4n) is 6.63. The van der Waals surface area contributed by atoms with Crippen LogP contribution in [0, 0.1) is 0 Å². The van der Waals surface area contributed by atoms with Crippen molar-refractivity contribution in [3.05, 3.63) is 52.1 Å². The second-order valence-corrected chi connectivity index (χ2v) is 13.0. The minimum Gasteiger partial charge on any atom is -0.504 e. The summed E-state index contributed by atoms with van der Waals surface area (Å²) < 4.78 is 37.7. The van der Waals surface area contributed by atoms with Crippen LogP contribution >= 0.6 is 0 Å². The number of rotatable bonds is 8. The summed E-state index contributed by atoms with van der Waals surface area (Å²) in [7, 11) is 2.06. The SMILES string of the molecule is COc1c(C2OC(CO)C(O)C(O)C2O)cc2c(c1O)OC(=O)c1cc(C3OC(COC(=O)c4cc(O)c(O)c(O)c4)C(O)C(O)C3O)c(OC)c(O)c1OC2=O. The Balaban J connectivity index is 1.35. The lowest BCUT2D eigenvalue weighted by molar-refractivity contribution is -0.232. The number of carbonyl (C=O) groups is 3. The van der Waals surface area contributed by atoms with Crippen molar-refractivity contribution in [3.8, 4) is 51.7 Å². The summed E-state index contributed by atoms with van der Waals surface area (Å²) in [5, 5.41) is 125. The van der Waals surface area contributed by atoms with Crippen molar-refractivity contribution in [2.45, 2.75) is 61.0 Å². The highest BCUT2D eigenvalue weighted by Crippen LogP contribution is 2.52. The highest BCUT2D eigenvalue weighted by Gasteiger charge is 2.49. The first-order valence-corrected chi connectivity index (χ1v) is 16.7. The third-order valence-electron chi connectivity index (χ3n) is 9.61. The molecule has 2 fully saturated rings. The minimum atomic E-state index is -2.04. The van der Waals surface area contributed by atoms with Crippen LogP contribution in [0.3, 0.4) is 0 Å². The van der Waals surface area contributed by atoms with Gasteiger partial charge in [0.25, 0.3) is 0 Å². The summed E-state index contributed by atoms with van der Waals surface area (Å²) in [6, 6.07) is 3.31. The van der Waals surface area contributed by atoms with Gasteiger partial charge in [0.15, 0.2) is 40.2 Å². The predicted octanol–water partition coefficient (Wildman–Crippen LogP) is -2.12. The van der Waals surface area contributed by atoms with Gasteiger partial charge in [-0.15, -0.1) is 0 Å². The van der Waals surface area contributed by atoms with Crippen molar-refractivity contribution in [2.75, 3.05) is 27.4 Å². The average molecular weight is 809 g/mol. The van der Waals surface area contributed by atoms with Gasteiger partial charge in [0.2, 0.25) is 11.5 Å². The molecule has 0 bridgehead atoms. The van der Waals surface area contributed by atoms with E-state index in [9.17, 15) is 75.7 Å². The number of aromatic hydroxyl groups is 5. The van der Waals surface area contributed by atoms with E-state index in [2.05, 4.69) is 0 Å². The molecule has 22 heteroatoms. The van der Waals surface area contributed by atoms with Gasteiger partial charge in [-0.25, -0.2) is 14.4 Å². The summed E-state index contributed by atoms with van der Waals surface area (Å²) in [4.78, 5) is 40.1. The number of phenols is 5. The molecule has 10 unspecified atom stereocenters. The maximum Gasteiger partial charge on any atom is 0.347 e. The molecule has 3 aromatic carbocycles. The largest absolute Gasteiger partial charge is 0.504 e. The number of carbonyl (C=O) groups excluding carboxylic acids is 3. The van der Waals surface area contributed by atoms with E-state index in [0.29, 0.717) is 0 Å². The molecule has 3 aliphatic rings. The van der Waals surface area contributed by atoms with E-state index in [4.69, 9.17) is 33.2 Å². The molecule has 0 aliphatic carbocycles. The van der Waals surface area contributed by atoms with Crippen LogP contribution in [0.5, 0.6) is 51.7 Å². The Morgan fingerprint density at radius 2 is 1.04 bits per heavy atom. The van der Waals surface area contributed by atoms with Gasteiger partial charge in [-0.1, -0.05) is 0 Å². The van der Waals surface area contributed by atoms with E-state index in [1.54, 1.807) is 0 Å². The highest BCUT2D eigenvalue weighted by molar-refractivity contribution is 6.04. The molecule has 308 valence electrons. The minimum absolute atomic E-state index is 0.333. The first kappa shape index (κ1) is 41.0. The summed E-state index contributed by atoms with van der Waals surface area (Å²) in [6.07, 6.45) is -18.1. The molecule has 0 radical (unpaired) electrons. The molecular weight excluding hydrogens is 772 g/mol. The lowest BCUT2D eigenvalue weighted by Gasteiger charge is -2.41. The van der Waals surface area contributed by atoms with Gasteiger partial charge < -0.3 is 94.4 Å². The smallest absolute Gasteiger partial charge is 0.347 e. The molecule has 0 amide bonds. The average Bonchev–Trinajstić information content (AvgIpc) is 3.18. The van der Waals surface area contributed by atoms with Crippen molar-refractivity contribution in [1.29, 1.82) is 0 Å². The maximum atomic E-state index is 13.7. The molecule has 0 aromatic heterocycles. The Hall–Kier alpha value is -5.69. The first-order valence-electron chi connectivity index (χ1n) is 16.7. The predicted molar refractivity (Wildman–Crippen MR) is 179 cm³/mol. The number of aliphatic hydroxyl groups excluding tert-OH is 7. The second kappa shape index (κ2) is 15.7. The monoisotopic (exact) mass is 808 g/mol. The maximum absolute atomic E-state index is 13.7. The van der Waals surface area contributed by atoms with Crippen LogP contribution in [0.15, 0.2) is 24.3 Å². The van der Waals surface area contributed by atoms with Crippen LogP contribution in [0.4, 0.5) is 0 Å². The molecule has 6 rings (SSSR count). The molecule has 0 spiro atoms. The number of hydrogen-bond acceptors (Lipinski definition) is 22. The standard InChI is InChI=1S/C35H36O22/c1-51-27-10(29-23(44)21(42)19(40)16(7-36)54-29)5-12-31(25(27)46)56-35(50)13-6-11(28(52-2)26(47)32(13)57-34(12)49)30-24(45)22(43)20(41)17(55-30)8-53-33(48)9-3-14(37)18(39)15(38)4-9/h3-6,16-17,19-24,29-30,36-47H,7-8H2,1-2H3. The molecule has 2 saturated heterocycles. The Kier molecular flexibility index (Phi) is 11.3. The van der Waals surface area contributed by atoms with Gasteiger partial charge >= 0.3 is 17.9 Å². The van der Waals surface area contributed by atoms with Crippen molar-refractivity contribution in [2.24, 2.45) is 0 Å². The highest BCUT2D eigenvalue weighted by atomic mass is 16.6. The van der Waals surface area contributed by atoms with E-state index in [1.807, 2.05) is 0 Å². The molecule has 3 aliphatic heterocycles. The zero-order valence-corrected chi connectivity index (χ0v) is 29.4. The zero-order chi connectivity index (χ0) is 41.8. The van der Waals surface area contributed by atoms with Crippen LogP contribution in [-0.4, -0.2) is 155 Å². The van der Waals surface area contributed by atoms with Crippen LogP contribution in [0.25, 0.3) is 0 Å². The molecule has 3 aromatic rings. The van der Waals surface area contributed by atoms with Gasteiger partial charge in [-0.05, 0) is 24.3 Å². The van der Waals surface area contributed by atoms with Crippen molar-refractivity contribution >= 4 is 17.9 Å². The van der Waals surface area contributed by atoms with Crippen LogP contribution in [-0.2, 0) is 14.2 Å². The third kappa shape index (κ3) is 7.02. The van der Waals surface area contributed by atoms with Crippen molar-refractivity contribution < 1.29 is 109 Å². The Morgan fingerprint density at radius 1 is 0.614 bits per heavy atom. The van der Waals surface area contributed by atoms with Crippen LogP contribution < -0.4 is 18.9 Å². The Bertz CT molecular complexity index is 2060. The van der Waals surface area contributed by atoms with E-state index in [0.717, 1.165) is 38.5 Å². The first-order chi connectivity index (χ1) is 26.9. The molecule has 57 heavy (non-hydrogen) atoms. The van der Waals surface area contributed by atoms with E-state index in [-0.39, 0.29) is 5.56 Å². The van der Waals surface area contributed by atoms with Gasteiger partial charge in [0.1, 0.15) is 78.8 Å². The van der Waals surface area contributed by atoms with E-state index in [1.165, 1.54) is 0 Å². The number of phenolic OH excluding ortho intramolecular Hbond substituents is 5. The fraction of sp³-hybridized carbons (Fsp3) is 0.400. The number of ether oxygens (including phenoxy) is 7. The summed E-state index contributed by atoms with van der Waals surface area (Å²) in [6.45, 7) is -1.67. The molecule has 10 atom stereocenters. The normalized spacial score (nSPS) is 28.5. The number of benzene rings is 3. The molecular formula is C35H36O22. The number of fused-ring (bicyclic) bond motifs is 2. The lowest BCUT2D eigenvalue weighted by atomic mass is 9.89. The topological polar surface area (TPSA) is 359 Å². The fourth-order valence-corrected chi connectivity index (χ4v) is 6.63. The van der Waals surface area contributed by atoms with E-state index < -0.39 is 166 Å². The molecule has 12 N–H and O–H groups in total. The lowest BCUT2D eigenvalue weighted by Crippen LogP contribution is -2.55. The van der Waals surface area contributed by atoms with Crippen LogP contribution in [0.2, 0.25) is 0 Å². The van der Waals surface area contributed by atoms with Crippen molar-refractivity contribution in [1.82, 2.24) is 0 Å². The van der Waals surface area contributed by atoms with Crippen LogP contribution in [0.1, 0.15) is 54.4 Å².